The number of alkyl halides is 3. The summed E-state index contributed by atoms with van der Waals surface area (Å²) < 4.78 is 37.2. The molecule has 1 amide bonds. The SMILES string of the molecule is O=C(NCc1ccc(C(F)(F)F)cc1)[C@@H]1CCCCN1. The van der Waals surface area contributed by atoms with Crippen LogP contribution in [0.5, 0.6) is 0 Å². The first-order valence-electron chi connectivity index (χ1n) is 6.64. The highest BCUT2D eigenvalue weighted by Crippen LogP contribution is 2.29. The third-order valence-electron chi connectivity index (χ3n) is 3.37. The number of piperidine rings is 1. The standard InChI is InChI=1S/C14H17F3N2O/c15-14(16,17)11-6-4-10(5-7-11)9-19-13(20)12-3-1-2-8-18-12/h4-7,12,18H,1-3,8-9H2,(H,19,20)/t12-/m0/s1. The fourth-order valence-corrected chi connectivity index (χ4v) is 2.20. The van der Waals surface area contributed by atoms with Gasteiger partial charge in [-0.3, -0.25) is 4.79 Å². The van der Waals surface area contributed by atoms with Crippen LogP contribution in [0.25, 0.3) is 0 Å². The number of hydrogen-bond acceptors (Lipinski definition) is 2. The number of carbonyl (C=O) groups is 1. The molecule has 0 aliphatic carbocycles. The number of amides is 1. The minimum atomic E-state index is -4.33. The van der Waals surface area contributed by atoms with Crippen molar-refractivity contribution in [1.82, 2.24) is 10.6 Å². The largest absolute Gasteiger partial charge is 0.416 e. The van der Waals surface area contributed by atoms with Crippen LogP contribution in [0.4, 0.5) is 13.2 Å². The Labute approximate surface area is 115 Å². The van der Waals surface area contributed by atoms with Crippen LogP contribution in [0.2, 0.25) is 0 Å². The maximum atomic E-state index is 12.4. The summed E-state index contributed by atoms with van der Waals surface area (Å²) >= 11 is 0. The lowest BCUT2D eigenvalue weighted by Crippen LogP contribution is -2.46. The van der Waals surface area contributed by atoms with Gasteiger partial charge in [-0.1, -0.05) is 18.6 Å². The zero-order valence-electron chi connectivity index (χ0n) is 11.0. The molecule has 2 rings (SSSR count). The summed E-state index contributed by atoms with van der Waals surface area (Å²) in [7, 11) is 0. The molecule has 1 aliphatic rings. The highest BCUT2D eigenvalue weighted by atomic mass is 19.4. The van der Waals surface area contributed by atoms with Gasteiger partial charge < -0.3 is 10.6 Å². The molecule has 0 saturated carbocycles. The Hall–Kier alpha value is -1.56. The Kier molecular flexibility index (Phi) is 4.65. The maximum Gasteiger partial charge on any atom is 0.416 e. The second-order valence-corrected chi connectivity index (χ2v) is 4.91. The first-order chi connectivity index (χ1) is 9.47. The average molecular weight is 286 g/mol. The van der Waals surface area contributed by atoms with Crippen molar-refractivity contribution < 1.29 is 18.0 Å². The maximum absolute atomic E-state index is 12.4. The van der Waals surface area contributed by atoms with Gasteiger partial charge in [0.1, 0.15) is 0 Å². The van der Waals surface area contributed by atoms with Gasteiger partial charge in [0.05, 0.1) is 11.6 Å². The summed E-state index contributed by atoms with van der Waals surface area (Å²) in [5.74, 6) is -0.0930. The van der Waals surface area contributed by atoms with Crippen molar-refractivity contribution in [3.63, 3.8) is 0 Å². The Balaban J connectivity index is 1.86. The predicted molar refractivity (Wildman–Crippen MR) is 68.9 cm³/mol. The Morgan fingerprint density at radius 2 is 1.95 bits per heavy atom. The van der Waals surface area contributed by atoms with Gasteiger partial charge in [0.15, 0.2) is 0 Å². The normalized spacial score (nSPS) is 19.6. The molecular weight excluding hydrogens is 269 g/mol. The third-order valence-corrected chi connectivity index (χ3v) is 3.37. The zero-order chi connectivity index (χ0) is 14.6. The first kappa shape index (κ1) is 14.8. The molecule has 3 nitrogen and oxygen atoms in total. The summed E-state index contributed by atoms with van der Waals surface area (Å²) in [5.41, 5.74) is -0.0244. The van der Waals surface area contributed by atoms with Crippen molar-refractivity contribution in [2.75, 3.05) is 6.54 Å². The molecule has 0 radical (unpaired) electrons. The summed E-state index contributed by atoms with van der Waals surface area (Å²) in [6.07, 6.45) is -1.43. The van der Waals surface area contributed by atoms with E-state index in [1.54, 1.807) is 0 Å². The fourth-order valence-electron chi connectivity index (χ4n) is 2.20. The minimum absolute atomic E-state index is 0.0930. The highest BCUT2D eigenvalue weighted by molar-refractivity contribution is 5.81. The van der Waals surface area contributed by atoms with Gasteiger partial charge in [0.2, 0.25) is 5.91 Å². The van der Waals surface area contributed by atoms with E-state index in [2.05, 4.69) is 10.6 Å². The van der Waals surface area contributed by atoms with Crippen LogP contribution in [-0.2, 0) is 17.5 Å². The molecule has 1 aromatic rings. The van der Waals surface area contributed by atoms with Crippen molar-refractivity contribution in [3.8, 4) is 0 Å². The summed E-state index contributed by atoms with van der Waals surface area (Å²) in [6, 6.07) is 4.65. The molecule has 1 aromatic carbocycles. The van der Waals surface area contributed by atoms with E-state index in [0.29, 0.717) is 5.56 Å². The first-order valence-corrected chi connectivity index (χ1v) is 6.64. The van der Waals surface area contributed by atoms with Crippen LogP contribution < -0.4 is 10.6 Å². The number of halogens is 3. The van der Waals surface area contributed by atoms with Crippen molar-refractivity contribution in [2.45, 2.75) is 38.0 Å². The molecule has 0 unspecified atom stereocenters. The lowest BCUT2D eigenvalue weighted by molar-refractivity contribution is -0.137. The molecule has 1 aliphatic heterocycles. The van der Waals surface area contributed by atoms with Crippen LogP contribution in [-0.4, -0.2) is 18.5 Å². The zero-order valence-corrected chi connectivity index (χ0v) is 11.0. The van der Waals surface area contributed by atoms with Gasteiger partial charge in [0, 0.05) is 6.54 Å². The molecule has 0 spiro atoms. The van der Waals surface area contributed by atoms with Gasteiger partial charge in [-0.15, -0.1) is 0 Å². The summed E-state index contributed by atoms with van der Waals surface area (Å²) in [4.78, 5) is 11.8. The van der Waals surface area contributed by atoms with Crippen LogP contribution in [0.1, 0.15) is 30.4 Å². The van der Waals surface area contributed by atoms with E-state index in [-0.39, 0.29) is 18.5 Å². The van der Waals surface area contributed by atoms with Gasteiger partial charge in [-0.05, 0) is 37.1 Å². The van der Waals surface area contributed by atoms with Crippen molar-refractivity contribution >= 4 is 5.91 Å². The lowest BCUT2D eigenvalue weighted by atomic mass is 10.0. The van der Waals surface area contributed by atoms with Gasteiger partial charge >= 0.3 is 6.18 Å². The Morgan fingerprint density at radius 3 is 2.50 bits per heavy atom. The topological polar surface area (TPSA) is 41.1 Å². The van der Waals surface area contributed by atoms with Crippen LogP contribution in [0, 0.1) is 0 Å². The monoisotopic (exact) mass is 286 g/mol. The van der Waals surface area contributed by atoms with Crippen LogP contribution in [0.3, 0.4) is 0 Å². The minimum Gasteiger partial charge on any atom is -0.351 e. The van der Waals surface area contributed by atoms with Crippen LogP contribution >= 0.6 is 0 Å². The van der Waals surface area contributed by atoms with E-state index < -0.39 is 11.7 Å². The van der Waals surface area contributed by atoms with E-state index in [4.69, 9.17) is 0 Å². The summed E-state index contributed by atoms with van der Waals surface area (Å²) in [5, 5.41) is 5.87. The van der Waals surface area contributed by atoms with Crippen molar-refractivity contribution in [3.05, 3.63) is 35.4 Å². The molecule has 1 saturated heterocycles. The van der Waals surface area contributed by atoms with Gasteiger partial charge in [-0.25, -0.2) is 0 Å². The Morgan fingerprint density at radius 1 is 1.25 bits per heavy atom. The van der Waals surface area contributed by atoms with E-state index in [0.717, 1.165) is 37.9 Å². The quantitative estimate of drug-likeness (QED) is 0.896. The van der Waals surface area contributed by atoms with E-state index in [1.807, 2.05) is 0 Å². The molecule has 0 aromatic heterocycles. The molecule has 0 bridgehead atoms. The number of hydrogen-bond donors (Lipinski definition) is 2. The number of rotatable bonds is 3. The second-order valence-electron chi connectivity index (χ2n) is 4.91. The predicted octanol–water partition coefficient (Wildman–Crippen LogP) is 2.46. The third kappa shape index (κ3) is 3.96. The molecule has 20 heavy (non-hydrogen) atoms. The smallest absolute Gasteiger partial charge is 0.351 e. The fraction of sp³-hybridized carbons (Fsp3) is 0.500. The number of benzene rings is 1. The highest BCUT2D eigenvalue weighted by Gasteiger charge is 2.29. The molecule has 1 fully saturated rings. The molecule has 2 N–H and O–H groups in total. The number of carbonyl (C=O) groups excluding carboxylic acids is 1. The lowest BCUT2D eigenvalue weighted by Gasteiger charge is -2.22. The molecule has 110 valence electrons. The van der Waals surface area contributed by atoms with Crippen molar-refractivity contribution in [2.24, 2.45) is 0 Å². The van der Waals surface area contributed by atoms with E-state index >= 15 is 0 Å². The second kappa shape index (κ2) is 6.26. The summed E-state index contributed by atoms with van der Waals surface area (Å²) in [6.45, 7) is 1.08. The van der Waals surface area contributed by atoms with Gasteiger partial charge in [-0.2, -0.15) is 13.2 Å². The van der Waals surface area contributed by atoms with E-state index in [9.17, 15) is 18.0 Å². The van der Waals surface area contributed by atoms with Crippen LogP contribution in [0.15, 0.2) is 24.3 Å². The number of nitrogens with one attached hydrogen (secondary N) is 2. The van der Waals surface area contributed by atoms with E-state index in [1.165, 1.54) is 12.1 Å². The average Bonchev–Trinajstić information content (AvgIpc) is 2.45. The van der Waals surface area contributed by atoms with Gasteiger partial charge in [0.25, 0.3) is 0 Å². The molecule has 1 atom stereocenters. The van der Waals surface area contributed by atoms with Crippen molar-refractivity contribution in [1.29, 1.82) is 0 Å². The molecule has 6 heteroatoms. The molecule has 1 heterocycles. The Bertz CT molecular complexity index is 450. The molecular formula is C14H17F3N2O.